The molecule has 4 nitrogen and oxygen atoms in total. The van der Waals surface area contributed by atoms with Crippen molar-refractivity contribution in [1.82, 2.24) is 5.32 Å². The normalized spacial score (nSPS) is 21.8. The third-order valence-electron chi connectivity index (χ3n) is 3.87. The minimum absolute atomic E-state index is 0.178. The first-order chi connectivity index (χ1) is 10.2. The van der Waals surface area contributed by atoms with Gasteiger partial charge in [0, 0.05) is 6.54 Å². The van der Waals surface area contributed by atoms with Crippen LogP contribution < -0.4 is 10.6 Å². The topological polar surface area (TPSA) is 50.4 Å². The predicted octanol–water partition coefficient (Wildman–Crippen LogP) is 3.54. The molecule has 0 spiro atoms. The number of hydrogen-bond acceptors (Lipinski definition) is 2. The van der Waals surface area contributed by atoms with Crippen molar-refractivity contribution in [3.8, 4) is 0 Å². The first-order valence-electron chi connectivity index (χ1n) is 7.58. The van der Waals surface area contributed by atoms with E-state index >= 15 is 0 Å². The van der Waals surface area contributed by atoms with Gasteiger partial charge in [-0.1, -0.05) is 31.9 Å². The molecule has 1 aliphatic rings. The fraction of sp³-hybridized carbons (Fsp3) is 0.562. The Bertz CT molecular complexity index is 467. The lowest BCUT2D eigenvalue weighted by atomic mass is 9.88. The smallest absolute Gasteiger partial charge is 0.319 e. The van der Waals surface area contributed by atoms with Crippen LogP contribution in [0.15, 0.2) is 24.3 Å². The average Bonchev–Trinajstić information content (AvgIpc) is 2.48. The van der Waals surface area contributed by atoms with Gasteiger partial charge in [0.25, 0.3) is 0 Å². The van der Waals surface area contributed by atoms with Crippen LogP contribution in [0.4, 0.5) is 14.9 Å². The van der Waals surface area contributed by atoms with Crippen LogP contribution in [0.3, 0.4) is 0 Å². The molecule has 0 radical (unpaired) electrons. The minimum Gasteiger partial charge on any atom is -0.376 e. The summed E-state index contributed by atoms with van der Waals surface area (Å²) < 4.78 is 19.2. The van der Waals surface area contributed by atoms with Gasteiger partial charge in [-0.2, -0.15) is 0 Å². The fourth-order valence-corrected chi connectivity index (χ4v) is 2.63. The van der Waals surface area contributed by atoms with E-state index in [0.29, 0.717) is 25.2 Å². The molecule has 1 aromatic rings. The molecule has 0 saturated heterocycles. The number of carbonyl (C=O) groups excluding carboxylic acids is 1. The quantitative estimate of drug-likeness (QED) is 0.816. The molecule has 0 aromatic heterocycles. The Morgan fingerprint density at radius 1 is 1.33 bits per heavy atom. The van der Waals surface area contributed by atoms with E-state index in [-0.39, 0.29) is 5.69 Å². The number of hydrogen-bond donors (Lipinski definition) is 2. The molecule has 1 fully saturated rings. The molecular weight excluding hydrogens is 271 g/mol. The molecule has 2 atom stereocenters. The van der Waals surface area contributed by atoms with Crippen molar-refractivity contribution in [1.29, 1.82) is 0 Å². The van der Waals surface area contributed by atoms with Crippen LogP contribution in [0.2, 0.25) is 0 Å². The zero-order valence-corrected chi connectivity index (χ0v) is 12.4. The molecule has 1 aromatic carbocycles. The maximum Gasteiger partial charge on any atom is 0.319 e. The Labute approximate surface area is 125 Å². The molecule has 0 heterocycles. The highest BCUT2D eigenvalue weighted by molar-refractivity contribution is 5.89. The zero-order chi connectivity index (χ0) is 15.1. The van der Waals surface area contributed by atoms with Crippen LogP contribution in [0, 0.1) is 11.7 Å². The molecular formula is C16H23FN2O2. The number of nitrogens with one attached hydrogen (secondary N) is 2. The molecule has 5 heteroatoms. The lowest BCUT2D eigenvalue weighted by Crippen LogP contribution is -2.34. The second-order valence-corrected chi connectivity index (χ2v) is 5.53. The van der Waals surface area contributed by atoms with E-state index in [4.69, 9.17) is 4.74 Å². The third kappa shape index (κ3) is 5.01. The zero-order valence-electron chi connectivity index (χ0n) is 12.4. The van der Waals surface area contributed by atoms with Gasteiger partial charge in [0.2, 0.25) is 0 Å². The number of para-hydroxylation sites is 1. The highest BCUT2D eigenvalue weighted by Gasteiger charge is 2.21. The van der Waals surface area contributed by atoms with Gasteiger partial charge in [0.15, 0.2) is 0 Å². The molecule has 1 saturated carbocycles. The van der Waals surface area contributed by atoms with Crippen LogP contribution in [0.1, 0.15) is 32.6 Å². The van der Waals surface area contributed by atoms with Gasteiger partial charge in [0.05, 0.1) is 18.4 Å². The van der Waals surface area contributed by atoms with E-state index in [1.165, 1.54) is 31.4 Å². The summed E-state index contributed by atoms with van der Waals surface area (Å²) in [5.41, 5.74) is 0.178. The Morgan fingerprint density at radius 2 is 2.10 bits per heavy atom. The van der Waals surface area contributed by atoms with Gasteiger partial charge in [-0.3, -0.25) is 0 Å². The van der Waals surface area contributed by atoms with E-state index in [2.05, 4.69) is 17.6 Å². The Kier molecular flexibility index (Phi) is 5.99. The summed E-state index contributed by atoms with van der Waals surface area (Å²) in [6, 6.07) is 5.67. The first-order valence-corrected chi connectivity index (χ1v) is 7.58. The van der Waals surface area contributed by atoms with Gasteiger partial charge in [-0.15, -0.1) is 0 Å². The van der Waals surface area contributed by atoms with Crippen molar-refractivity contribution in [2.24, 2.45) is 5.92 Å². The Hall–Kier alpha value is -1.62. The van der Waals surface area contributed by atoms with Crippen LogP contribution in [-0.4, -0.2) is 25.3 Å². The number of anilines is 1. The molecule has 1 aliphatic carbocycles. The first kappa shape index (κ1) is 15.8. The summed E-state index contributed by atoms with van der Waals surface area (Å²) in [5.74, 6) is 0.144. The van der Waals surface area contributed by atoms with E-state index in [1.54, 1.807) is 12.1 Å². The van der Waals surface area contributed by atoms with Gasteiger partial charge in [0.1, 0.15) is 5.82 Å². The average molecular weight is 294 g/mol. The summed E-state index contributed by atoms with van der Waals surface area (Å²) >= 11 is 0. The molecule has 2 rings (SSSR count). The standard InChI is InChI=1S/C16H23FN2O2/c1-12-6-2-5-9-15(12)21-11-10-18-16(20)19-14-8-4-3-7-13(14)17/h3-4,7-8,12,15H,2,5-6,9-11H2,1H3,(H2,18,19,20). The largest absolute Gasteiger partial charge is 0.376 e. The third-order valence-corrected chi connectivity index (χ3v) is 3.87. The van der Waals surface area contributed by atoms with Gasteiger partial charge in [-0.05, 0) is 30.9 Å². The molecule has 21 heavy (non-hydrogen) atoms. The summed E-state index contributed by atoms with van der Waals surface area (Å²) in [5, 5.41) is 5.15. The lowest BCUT2D eigenvalue weighted by Gasteiger charge is -2.28. The SMILES string of the molecule is CC1CCCCC1OCCNC(=O)Nc1ccccc1F. The molecule has 0 bridgehead atoms. The van der Waals surface area contributed by atoms with Gasteiger partial charge in [-0.25, -0.2) is 9.18 Å². The van der Waals surface area contributed by atoms with Crippen molar-refractivity contribution in [2.75, 3.05) is 18.5 Å². The van der Waals surface area contributed by atoms with Crippen molar-refractivity contribution in [3.05, 3.63) is 30.1 Å². The van der Waals surface area contributed by atoms with E-state index in [0.717, 1.165) is 6.42 Å². The minimum atomic E-state index is -0.445. The van der Waals surface area contributed by atoms with Crippen LogP contribution >= 0.6 is 0 Å². The number of ether oxygens (including phenoxy) is 1. The van der Waals surface area contributed by atoms with Crippen molar-refractivity contribution in [2.45, 2.75) is 38.7 Å². The highest BCUT2D eigenvalue weighted by Crippen LogP contribution is 2.25. The van der Waals surface area contributed by atoms with Crippen LogP contribution in [0.5, 0.6) is 0 Å². The monoisotopic (exact) mass is 294 g/mol. The number of carbonyl (C=O) groups is 1. The van der Waals surface area contributed by atoms with E-state index < -0.39 is 11.8 Å². The Balaban J connectivity index is 1.64. The summed E-state index contributed by atoms with van der Waals surface area (Å²) in [7, 11) is 0. The lowest BCUT2D eigenvalue weighted by molar-refractivity contribution is -0.00232. The maximum atomic E-state index is 13.4. The fourth-order valence-electron chi connectivity index (χ4n) is 2.63. The predicted molar refractivity (Wildman–Crippen MR) is 80.8 cm³/mol. The number of benzene rings is 1. The summed E-state index contributed by atoms with van der Waals surface area (Å²) in [6.45, 7) is 3.12. The summed E-state index contributed by atoms with van der Waals surface area (Å²) in [6.07, 6.45) is 5.12. The van der Waals surface area contributed by atoms with Gasteiger partial charge < -0.3 is 15.4 Å². The van der Waals surface area contributed by atoms with Crippen molar-refractivity contribution < 1.29 is 13.9 Å². The summed E-state index contributed by atoms with van der Waals surface area (Å²) in [4.78, 5) is 11.6. The number of amides is 2. The Morgan fingerprint density at radius 3 is 2.86 bits per heavy atom. The molecule has 0 aliphatic heterocycles. The van der Waals surface area contributed by atoms with Gasteiger partial charge >= 0.3 is 6.03 Å². The number of rotatable bonds is 5. The maximum absolute atomic E-state index is 13.4. The van der Waals surface area contributed by atoms with E-state index in [9.17, 15) is 9.18 Å². The van der Waals surface area contributed by atoms with Crippen molar-refractivity contribution in [3.63, 3.8) is 0 Å². The van der Waals surface area contributed by atoms with Crippen molar-refractivity contribution >= 4 is 11.7 Å². The molecule has 116 valence electrons. The second kappa shape index (κ2) is 7.98. The highest BCUT2D eigenvalue weighted by atomic mass is 19.1. The number of urea groups is 1. The van der Waals surface area contributed by atoms with Crippen LogP contribution in [-0.2, 0) is 4.74 Å². The van der Waals surface area contributed by atoms with Crippen LogP contribution in [0.25, 0.3) is 0 Å². The molecule has 2 unspecified atom stereocenters. The van der Waals surface area contributed by atoms with E-state index in [1.807, 2.05) is 0 Å². The second-order valence-electron chi connectivity index (χ2n) is 5.53. The number of halogens is 1. The molecule has 2 amide bonds. The molecule has 2 N–H and O–H groups in total.